The van der Waals surface area contributed by atoms with Crippen LogP contribution >= 0.6 is 0 Å². The van der Waals surface area contributed by atoms with Crippen LogP contribution in [-0.2, 0) is 10.0 Å². The van der Waals surface area contributed by atoms with E-state index in [0.29, 0.717) is 11.1 Å². The number of sulfonamides is 1. The minimum Gasteiger partial charge on any atom is -0.478 e. The summed E-state index contributed by atoms with van der Waals surface area (Å²) in [7, 11) is -3.71. The van der Waals surface area contributed by atoms with Crippen LogP contribution in [0, 0.1) is 13.8 Å². The van der Waals surface area contributed by atoms with Crippen molar-refractivity contribution in [1.29, 1.82) is 0 Å². The lowest BCUT2D eigenvalue weighted by Gasteiger charge is -2.41. The van der Waals surface area contributed by atoms with Crippen molar-refractivity contribution in [3.63, 3.8) is 0 Å². The van der Waals surface area contributed by atoms with E-state index in [0.717, 1.165) is 25.7 Å². The van der Waals surface area contributed by atoms with E-state index >= 15 is 0 Å². The molecular weight excluding hydrogens is 290 g/mol. The van der Waals surface area contributed by atoms with Gasteiger partial charge in [0.05, 0.1) is 10.5 Å². The predicted octanol–water partition coefficient (Wildman–Crippen LogP) is 2.61. The van der Waals surface area contributed by atoms with Crippen LogP contribution < -0.4 is 4.72 Å². The first-order valence-electron chi connectivity index (χ1n) is 7.09. The molecule has 21 heavy (non-hydrogen) atoms. The summed E-state index contributed by atoms with van der Waals surface area (Å²) >= 11 is 0. The number of carboxylic acids is 1. The second-order valence-corrected chi connectivity index (χ2v) is 7.47. The number of rotatable bonds is 5. The van der Waals surface area contributed by atoms with Gasteiger partial charge in [-0.05, 0) is 62.8 Å². The van der Waals surface area contributed by atoms with Crippen LogP contribution in [0.3, 0.4) is 0 Å². The normalized spacial score (nSPS) is 17.3. The van der Waals surface area contributed by atoms with Gasteiger partial charge in [0.25, 0.3) is 0 Å². The number of aryl methyl sites for hydroxylation is 1. The maximum atomic E-state index is 12.6. The monoisotopic (exact) mass is 311 g/mol. The van der Waals surface area contributed by atoms with Gasteiger partial charge in [0, 0.05) is 5.54 Å². The van der Waals surface area contributed by atoms with Crippen LogP contribution in [0.25, 0.3) is 0 Å². The van der Waals surface area contributed by atoms with Gasteiger partial charge < -0.3 is 5.11 Å². The van der Waals surface area contributed by atoms with Gasteiger partial charge in [0.15, 0.2) is 0 Å². The van der Waals surface area contributed by atoms with Crippen LogP contribution in [0.1, 0.15) is 54.1 Å². The number of hydrogen-bond donors (Lipinski definition) is 2. The Labute approximate surface area is 125 Å². The predicted molar refractivity (Wildman–Crippen MR) is 80.1 cm³/mol. The number of aromatic carboxylic acids is 1. The lowest BCUT2D eigenvalue weighted by Crippen LogP contribution is -2.52. The molecule has 1 aliphatic carbocycles. The maximum absolute atomic E-state index is 12.6. The number of nitrogens with one attached hydrogen (secondary N) is 1. The van der Waals surface area contributed by atoms with E-state index < -0.39 is 16.0 Å². The molecule has 0 amide bonds. The Balaban J connectivity index is 2.46. The Hall–Kier alpha value is -1.40. The number of hydrogen-bond acceptors (Lipinski definition) is 3. The van der Waals surface area contributed by atoms with Crippen LogP contribution in [0.2, 0.25) is 0 Å². The van der Waals surface area contributed by atoms with E-state index in [1.807, 2.05) is 6.92 Å². The Morgan fingerprint density at radius 1 is 1.33 bits per heavy atom. The van der Waals surface area contributed by atoms with Crippen molar-refractivity contribution in [1.82, 2.24) is 4.72 Å². The van der Waals surface area contributed by atoms with Gasteiger partial charge in [-0.2, -0.15) is 0 Å². The highest BCUT2D eigenvalue weighted by Crippen LogP contribution is 2.36. The molecule has 1 saturated carbocycles. The second kappa shape index (κ2) is 5.42. The standard InChI is InChI=1S/C15H21NO4S/c1-4-15(6-5-7-15)16-21(19,20)13-9-12(14(17)18)8-10(2)11(13)3/h8-9,16H,4-7H2,1-3H3,(H,17,18). The zero-order valence-corrected chi connectivity index (χ0v) is 13.4. The first-order chi connectivity index (χ1) is 9.71. The molecule has 0 spiro atoms. The molecule has 116 valence electrons. The summed E-state index contributed by atoms with van der Waals surface area (Å²) in [5.74, 6) is -1.12. The van der Waals surface area contributed by atoms with Crippen molar-refractivity contribution in [2.75, 3.05) is 0 Å². The molecule has 0 bridgehead atoms. The van der Waals surface area contributed by atoms with E-state index in [9.17, 15) is 13.2 Å². The summed E-state index contributed by atoms with van der Waals surface area (Å²) in [4.78, 5) is 11.2. The van der Waals surface area contributed by atoms with Crippen molar-refractivity contribution >= 4 is 16.0 Å². The van der Waals surface area contributed by atoms with Gasteiger partial charge in [-0.25, -0.2) is 17.9 Å². The SMILES string of the molecule is CCC1(NS(=O)(=O)c2cc(C(=O)O)cc(C)c2C)CCC1. The molecule has 1 aliphatic rings. The van der Waals surface area contributed by atoms with Crippen molar-refractivity contribution in [3.8, 4) is 0 Å². The molecule has 2 rings (SSSR count). The fourth-order valence-electron chi connectivity index (χ4n) is 2.70. The Morgan fingerprint density at radius 3 is 2.38 bits per heavy atom. The quantitative estimate of drug-likeness (QED) is 0.875. The van der Waals surface area contributed by atoms with Gasteiger partial charge in [0.1, 0.15) is 0 Å². The van der Waals surface area contributed by atoms with E-state index in [-0.39, 0.29) is 16.0 Å². The van der Waals surface area contributed by atoms with E-state index in [1.54, 1.807) is 13.8 Å². The highest BCUT2D eigenvalue weighted by atomic mass is 32.2. The molecule has 0 saturated heterocycles. The minimum absolute atomic E-state index is 0.00219. The van der Waals surface area contributed by atoms with Crippen molar-refractivity contribution < 1.29 is 18.3 Å². The van der Waals surface area contributed by atoms with Crippen molar-refractivity contribution in [3.05, 3.63) is 28.8 Å². The summed E-state index contributed by atoms with van der Waals surface area (Å²) in [5.41, 5.74) is 0.892. The van der Waals surface area contributed by atoms with Crippen LogP contribution in [-0.4, -0.2) is 25.0 Å². The summed E-state index contributed by atoms with van der Waals surface area (Å²) in [6.07, 6.45) is 3.42. The summed E-state index contributed by atoms with van der Waals surface area (Å²) < 4.78 is 28.1. The average Bonchev–Trinajstić information content (AvgIpc) is 2.36. The first kappa shape index (κ1) is 16.0. The van der Waals surface area contributed by atoms with Crippen LogP contribution in [0.5, 0.6) is 0 Å². The Morgan fingerprint density at radius 2 is 1.95 bits per heavy atom. The highest BCUT2D eigenvalue weighted by molar-refractivity contribution is 7.89. The first-order valence-corrected chi connectivity index (χ1v) is 8.57. The maximum Gasteiger partial charge on any atom is 0.335 e. The van der Waals surface area contributed by atoms with Gasteiger partial charge in [-0.15, -0.1) is 0 Å². The third-order valence-electron chi connectivity index (χ3n) is 4.49. The molecule has 0 heterocycles. The minimum atomic E-state index is -3.71. The third-order valence-corrected chi connectivity index (χ3v) is 6.20. The molecule has 0 atom stereocenters. The summed E-state index contributed by atoms with van der Waals surface area (Å²) in [6, 6.07) is 2.74. The number of benzene rings is 1. The van der Waals surface area contributed by atoms with Gasteiger partial charge in [-0.3, -0.25) is 0 Å². The zero-order chi connectivity index (χ0) is 15.8. The molecule has 1 aromatic carbocycles. The van der Waals surface area contributed by atoms with E-state index in [1.165, 1.54) is 12.1 Å². The van der Waals surface area contributed by atoms with Gasteiger partial charge >= 0.3 is 5.97 Å². The van der Waals surface area contributed by atoms with E-state index in [2.05, 4.69) is 4.72 Å². The number of carbonyl (C=O) groups is 1. The fraction of sp³-hybridized carbons (Fsp3) is 0.533. The lowest BCUT2D eigenvalue weighted by molar-refractivity contribution is 0.0696. The molecule has 2 N–H and O–H groups in total. The molecule has 6 heteroatoms. The van der Waals surface area contributed by atoms with Gasteiger partial charge in [-0.1, -0.05) is 6.92 Å². The molecule has 0 aliphatic heterocycles. The summed E-state index contributed by atoms with van der Waals surface area (Å²) in [6.45, 7) is 5.39. The Bertz CT molecular complexity index is 670. The molecular formula is C15H21NO4S. The fourth-order valence-corrected chi connectivity index (χ4v) is 4.58. The molecule has 1 fully saturated rings. The van der Waals surface area contributed by atoms with Crippen LogP contribution in [0.15, 0.2) is 17.0 Å². The van der Waals surface area contributed by atoms with Crippen molar-refractivity contribution in [2.45, 2.75) is 56.9 Å². The zero-order valence-electron chi connectivity index (χ0n) is 12.6. The lowest BCUT2D eigenvalue weighted by atomic mass is 9.76. The molecule has 1 aromatic rings. The molecule has 5 nitrogen and oxygen atoms in total. The molecule has 0 radical (unpaired) electrons. The molecule has 0 aromatic heterocycles. The topological polar surface area (TPSA) is 83.5 Å². The third kappa shape index (κ3) is 2.96. The van der Waals surface area contributed by atoms with Crippen molar-refractivity contribution in [2.24, 2.45) is 0 Å². The second-order valence-electron chi connectivity index (χ2n) is 5.81. The average molecular weight is 311 g/mol. The Kier molecular flexibility index (Phi) is 4.13. The summed E-state index contributed by atoms with van der Waals surface area (Å²) in [5, 5.41) is 9.11. The molecule has 0 unspecified atom stereocenters. The van der Waals surface area contributed by atoms with Crippen LogP contribution in [0.4, 0.5) is 0 Å². The van der Waals surface area contributed by atoms with E-state index in [4.69, 9.17) is 5.11 Å². The highest BCUT2D eigenvalue weighted by Gasteiger charge is 2.39. The smallest absolute Gasteiger partial charge is 0.335 e. The van der Waals surface area contributed by atoms with Gasteiger partial charge in [0.2, 0.25) is 10.0 Å². The largest absolute Gasteiger partial charge is 0.478 e. The number of carboxylic acid groups (broad SMARTS) is 1.